The molecule has 1 aliphatic rings. The smallest absolute Gasteiger partial charge is 0.0751 e. The minimum absolute atomic E-state index is 1.01. The summed E-state index contributed by atoms with van der Waals surface area (Å²) in [6.45, 7) is 0. The van der Waals surface area contributed by atoms with E-state index in [4.69, 9.17) is 5.11 Å². The third-order valence-electron chi connectivity index (χ3n) is 2.11. The van der Waals surface area contributed by atoms with Crippen molar-refractivity contribution in [3.8, 4) is 0 Å². The van der Waals surface area contributed by atoms with Crippen LogP contribution in [0.2, 0.25) is 0 Å². The number of hydrogen-bond donors (Lipinski definition) is 1. The molecule has 1 heteroatoms. The molecule has 1 N–H and O–H groups in total. The van der Waals surface area contributed by atoms with Gasteiger partial charge in [-0.15, -0.1) is 0 Å². The average molecular weight is 152 g/mol. The van der Waals surface area contributed by atoms with E-state index in [0.717, 1.165) is 12.7 Å². The molecule has 62 valence electrons. The van der Waals surface area contributed by atoms with Crippen molar-refractivity contribution < 1.29 is 5.11 Å². The molecule has 0 aromatic heterocycles. The number of aliphatic hydroxyl groups is 1. The van der Waals surface area contributed by atoms with Crippen LogP contribution in [0, 0.1) is 0 Å². The highest BCUT2D eigenvalue weighted by atomic mass is 16.2. The molecule has 0 heterocycles. The van der Waals surface area contributed by atoms with Gasteiger partial charge in [-0.05, 0) is 38.5 Å². The molecule has 0 fully saturated rings. The first-order valence-corrected chi connectivity index (χ1v) is 4.40. The van der Waals surface area contributed by atoms with E-state index in [-0.39, 0.29) is 0 Å². The Morgan fingerprint density at radius 3 is 3.09 bits per heavy atom. The molecule has 11 heavy (non-hydrogen) atoms. The maximum Gasteiger partial charge on any atom is 0.0751 e. The average Bonchev–Trinajstić information content (AvgIpc) is 2.50. The van der Waals surface area contributed by atoms with E-state index >= 15 is 0 Å². The van der Waals surface area contributed by atoms with E-state index in [9.17, 15) is 0 Å². The van der Waals surface area contributed by atoms with E-state index in [2.05, 4.69) is 6.08 Å². The SMILES string of the molecule is O/C=C/CCCC1=CCCC1. The van der Waals surface area contributed by atoms with Gasteiger partial charge in [-0.25, -0.2) is 0 Å². The van der Waals surface area contributed by atoms with E-state index in [0.29, 0.717) is 0 Å². The topological polar surface area (TPSA) is 20.2 Å². The molecule has 0 amide bonds. The van der Waals surface area contributed by atoms with Crippen LogP contribution in [0.25, 0.3) is 0 Å². The van der Waals surface area contributed by atoms with E-state index in [1.54, 1.807) is 5.57 Å². The third kappa shape index (κ3) is 3.26. The lowest BCUT2D eigenvalue weighted by Crippen LogP contribution is -1.78. The van der Waals surface area contributed by atoms with Crippen LogP contribution >= 0.6 is 0 Å². The Labute approximate surface area is 68.4 Å². The maximum atomic E-state index is 8.36. The minimum Gasteiger partial charge on any atom is -0.516 e. The second-order valence-electron chi connectivity index (χ2n) is 3.03. The molecule has 0 saturated heterocycles. The molecule has 0 bridgehead atoms. The van der Waals surface area contributed by atoms with Crippen molar-refractivity contribution >= 4 is 0 Å². The quantitative estimate of drug-likeness (QED) is 0.372. The molecular weight excluding hydrogens is 136 g/mol. The Morgan fingerprint density at radius 2 is 2.45 bits per heavy atom. The number of allylic oxidation sites excluding steroid dienone is 3. The monoisotopic (exact) mass is 152 g/mol. The Kier molecular flexibility index (Phi) is 3.81. The number of aliphatic hydroxyl groups excluding tert-OH is 1. The normalized spacial score (nSPS) is 17.6. The molecule has 0 atom stereocenters. The summed E-state index contributed by atoms with van der Waals surface area (Å²) in [7, 11) is 0. The summed E-state index contributed by atoms with van der Waals surface area (Å²) < 4.78 is 0. The van der Waals surface area contributed by atoms with Crippen LogP contribution in [0.3, 0.4) is 0 Å². The molecular formula is C10H16O. The molecule has 0 spiro atoms. The Morgan fingerprint density at radius 1 is 1.55 bits per heavy atom. The van der Waals surface area contributed by atoms with Crippen LogP contribution in [0.5, 0.6) is 0 Å². The number of rotatable bonds is 4. The Bertz CT molecular complexity index is 156. The largest absolute Gasteiger partial charge is 0.516 e. The van der Waals surface area contributed by atoms with Crippen LogP contribution in [-0.4, -0.2) is 5.11 Å². The van der Waals surface area contributed by atoms with Crippen molar-refractivity contribution in [2.24, 2.45) is 0 Å². The number of unbranched alkanes of at least 4 members (excludes halogenated alkanes) is 1. The highest BCUT2D eigenvalue weighted by Crippen LogP contribution is 2.22. The summed E-state index contributed by atoms with van der Waals surface area (Å²) in [6.07, 6.45) is 12.7. The van der Waals surface area contributed by atoms with Crippen LogP contribution in [0.1, 0.15) is 38.5 Å². The van der Waals surface area contributed by atoms with Crippen LogP contribution < -0.4 is 0 Å². The lowest BCUT2D eigenvalue weighted by atomic mass is 10.1. The van der Waals surface area contributed by atoms with Gasteiger partial charge in [-0.2, -0.15) is 0 Å². The minimum atomic E-state index is 1.01. The van der Waals surface area contributed by atoms with Crippen molar-refractivity contribution in [1.29, 1.82) is 0 Å². The fraction of sp³-hybridized carbons (Fsp3) is 0.600. The molecule has 1 rings (SSSR count). The van der Waals surface area contributed by atoms with Gasteiger partial charge in [0.25, 0.3) is 0 Å². The zero-order chi connectivity index (χ0) is 7.94. The second-order valence-corrected chi connectivity index (χ2v) is 3.03. The van der Waals surface area contributed by atoms with Crippen molar-refractivity contribution in [3.05, 3.63) is 24.0 Å². The van der Waals surface area contributed by atoms with Crippen LogP contribution in [0.15, 0.2) is 24.0 Å². The fourth-order valence-corrected chi connectivity index (χ4v) is 1.49. The van der Waals surface area contributed by atoms with Gasteiger partial charge in [-0.3, -0.25) is 0 Å². The zero-order valence-electron chi connectivity index (χ0n) is 6.92. The lowest BCUT2D eigenvalue weighted by molar-refractivity contribution is 0.470. The fourth-order valence-electron chi connectivity index (χ4n) is 1.49. The van der Waals surface area contributed by atoms with Gasteiger partial charge in [0.2, 0.25) is 0 Å². The van der Waals surface area contributed by atoms with Gasteiger partial charge < -0.3 is 5.11 Å². The van der Waals surface area contributed by atoms with Gasteiger partial charge in [0, 0.05) is 0 Å². The van der Waals surface area contributed by atoms with E-state index in [1.165, 1.54) is 32.1 Å². The van der Waals surface area contributed by atoms with E-state index in [1.807, 2.05) is 6.08 Å². The summed E-state index contributed by atoms with van der Waals surface area (Å²) in [6, 6.07) is 0. The molecule has 1 nitrogen and oxygen atoms in total. The van der Waals surface area contributed by atoms with Gasteiger partial charge in [0.15, 0.2) is 0 Å². The third-order valence-corrected chi connectivity index (χ3v) is 2.11. The summed E-state index contributed by atoms with van der Waals surface area (Å²) in [4.78, 5) is 0. The Hall–Kier alpha value is -0.720. The second kappa shape index (κ2) is 5.00. The van der Waals surface area contributed by atoms with Crippen molar-refractivity contribution in [3.63, 3.8) is 0 Å². The lowest BCUT2D eigenvalue weighted by Gasteiger charge is -1.97. The summed E-state index contributed by atoms with van der Waals surface area (Å²) in [5.74, 6) is 0. The zero-order valence-corrected chi connectivity index (χ0v) is 6.92. The van der Waals surface area contributed by atoms with Crippen molar-refractivity contribution in [1.82, 2.24) is 0 Å². The first-order chi connectivity index (χ1) is 5.43. The predicted octanol–water partition coefficient (Wildman–Crippen LogP) is 3.34. The van der Waals surface area contributed by atoms with Gasteiger partial charge in [-0.1, -0.05) is 17.7 Å². The molecule has 0 aromatic carbocycles. The highest BCUT2D eigenvalue weighted by Gasteiger charge is 2.02. The van der Waals surface area contributed by atoms with Gasteiger partial charge in [0.1, 0.15) is 0 Å². The standard InChI is InChI=1S/C10H16O/c11-9-5-1-2-6-10-7-3-4-8-10/h5,7,9,11H,1-4,6,8H2/b9-5+. The van der Waals surface area contributed by atoms with Crippen molar-refractivity contribution in [2.75, 3.05) is 0 Å². The molecule has 0 aromatic rings. The van der Waals surface area contributed by atoms with Crippen molar-refractivity contribution in [2.45, 2.75) is 38.5 Å². The van der Waals surface area contributed by atoms with Crippen LogP contribution in [0.4, 0.5) is 0 Å². The molecule has 1 aliphatic carbocycles. The summed E-state index contributed by atoms with van der Waals surface area (Å²) in [5.41, 5.74) is 1.62. The van der Waals surface area contributed by atoms with Crippen LogP contribution in [-0.2, 0) is 0 Å². The highest BCUT2D eigenvalue weighted by molar-refractivity contribution is 5.07. The maximum absolute atomic E-state index is 8.36. The predicted molar refractivity (Wildman–Crippen MR) is 47.6 cm³/mol. The molecule has 0 saturated carbocycles. The number of hydrogen-bond acceptors (Lipinski definition) is 1. The summed E-state index contributed by atoms with van der Waals surface area (Å²) in [5, 5.41) is 8.36. The van der Waals surface area contributed by atoms with E-state index < -0.39 is 0 Å². The molecule has 0 radical (unpaired) electrons. The first kappa shape index (κ1) is 8.38. The summed E-state index contributed by atoms with van der Waals surface area (Å²) >= 11 is 0. The molecule has 0 unspecified atom stereocenters. The first-order valence-electron chi connectivity index (χ1n) is 4.40. The Balaban J connectivity index is 2.02. The van der Waals surface area contributed by atoms with Gasteiger partial charge >= 0.3 is 0 Å². The van der Waals surface area contributed by atoms with Gasteiger partial charge in [0.05, 0.1) is 6.26 Å². The molecule has 0 aliphatic heterocycles.